The SMILES string of the molecule is Cc1ccc(CNc2cc(-n3ccc4cc(C#N)cnc43)ncc2C(=O)NCC(F)C(C)(C)O)cn1. The molecule has 4 rings (SSSR count). The number of rotatable bonds is 8. The number of aliphatic hydroxyl groups is 1. The van der Waals surface area contributed by atoms with E-state index in [2.05, 4.69) is 31.7 Å². The maximum absolute atomic E-state index is 14.2. The van der Waals surface area contributed by atoms with E-state index in [0.717, 1.165) is 16.6 Å². The Morgan fingerprint density at radius 1 is 1.19 bits per heavy atom. The average molecular weight is 488 g/mol. The second-order valence-corrected chi connectivity index (χ2v) is 9.02. The lowest BCUT2D eigenvalue weighted by molar-refractivity contribution is -0.00177. The minimum absolute atomic E-state index is 0.220. The number of carbonyl (C=O) groups excluding carboxylic acids is 1. The molecule has 9 nitrogen and oxygen atoms in total. The van der Waals surface area contributed by atoms with Gasteiger partial charge in [0.05, 0.1) is 29.0 Å². The fourth-order valence-electron chi connectivity index (χ4n) is 3.50. The number of alkyl halides is 1. The molecule has 1 unspecified atom stereocenters. The quantitative estimate of drug-likeness (QED) is 0.347. The summed E-state index contributed by atoms with van der Waals surface area (Å²) in [5, 5.41) is 25.5. The van der Waals surface area contributed by atoms with Gasteiger partial charge in [-0.05, 0) is 44.5 Å². The van der Waals surface area contributed by atoms with Gasteiger partial charge in [0.2, 0.25) is 0 Å². The first-order valence-corrected chi connectivity index (χ1v) is 11.3. The van der Waals surface area contributed by atoms with Gasteiger partial charge in [-0.3, -0.25) is 14.3 Å². The standard InChI is InChI=1S/C26H26FN7O2/c1-16-4-5-17(11-29-16)12-30-21-9-23(34-7-6-19-8-18(10-28)13-32-24(19)34)31-14-20(21)25(35)33-15-22(27)26(2,3)36/h4-9,11,13-14,22,36H,12,15H2,1-3H3,(H,30,31)(H,33,35). The molecule has 0 saturated heterocycles. The van der Waals surface area contributed by atoms with Gasteiger partial charge in [0, 0.05) is 48.5 Å². The van der Waals surface area contributed by atoms with Crippen molar-refractivity contribution < 1.29 is 14.3 Å². The predicted molar refractivity (Wildman–Crippen MR) is 133 cm³/mol. The minimum atomic E-state index is -1.64. The number of nitrogens with one attached hydrogen (secondary N) is 2. The molecule has 0 aliphatic carbocycles. The van der Waals surface area contributed by atoms with Crippen molar-refractivity contribution in [2.75, 3.05) is 11.9 Å². The first kappa shape index (κ1) is 24.8. The zero-order chi connectivity index (χ0) is 25.9. The number of hydrogen-bond donors (Lipinski definition) is 3. The van der Waals surface area contributed by atoms with Crippen LogP contribution in [0.25, 0.3) is 16.9 Å². The van der Waals surface area contributed by atoms with Gasteiger partial charge >= 0.3 is 0 Å². The molecule has 0 saturated carbocycles. The maximum atomic E-state index is 14.2. The molecule has 4 aromatic rings. The molecule has 0 fully saturated rings. The summed E-state index contributed by atoms with van der Waals surface area (Å²) in [6.07, 6.45) is 4.79. The van der Waals surface area contributed by atoms with Crippen molar-refractivity contribution in [2.24, 2.45) is 0 Å². The van der Waals surface area contributed by atoms with Crippen molar-refractivity contribution in [1.82, 2.24) is 24.8 Å². The second kappa shape index (κ2) is 10.1. The summed E-state index contributed by atoms with van der Waals surface area (Å²) in [6, 6.07) is 11.2. The van der Waals surface area contributed by atoms with Gasteiger partial charge in [-0.25, -0.2) is 14.4 Å². The van der Waals surface area contributed by atoms with Gasteiger partial charge in [0.1, 0.15) is 23.7 Å². The van der Waals surface area contributed by atoms with Gasteiger partial charge < -0.3 is 15.7 Å². The summed E-state index contributed by atoms with van der Waals surface area (Å²) in [5.74, 6) is -0.0252. The van der Waals surface area contributed by atoms with Gasteiger partial charge in [-0.2, -0.15) is 5.26 Å². The third-order valence-electron chi connectivity index (χ3n) is 5.70. The number of hydrogen-bond acceptors (Lipinski definition) is 7. The number of nitrogens with zero attached hydrogens (tertiary/aromatic N) is 5. The number of fused-ring (bicyclic) bond motifs is 1. The number of amides is 1. The number of aromatic nitrogens is 4. The van der Waals surface area contributed by atoms with Gasteiger partial charge in [-0.1, -0.05) is 6.07 Å². The third kappa shape index (κ3) is 5.47. The Bertz CT molecular complexity index is 1440. The minimum Gasteiger partial charge on any atom is -0.387 e. The number of pyridine rings is 3. The number of anilines is 1. The number of nitriles is 1. The third-order valence-corrected chi connectivity index (χ3v) is 5.70. The summed E-state index contributed by atoms with van der Waals surface area (Å²) in [4.78, 5) is 26.0. The molecular formula is C26H26FN7O2. The molecule has 1 amide bonds. The largest absolute Gasteiger partial charge is 0.387 e. The number of carbonyl (C=O) groups is 1. The van der Waals surface area contributed by atoms with Crippen molar-refractivity contribution in [3.63, 3.8) is 0 Å². The maximum Gasteiger partial charge on any atom is 0.255 e. The molecule has 0 bridgehead atoms. The predicted octanol–water partition coefficient (Wildman–Crippen LogP) is 3.45. The Kier molecular flexibility index (Phi) is 6.94. The molecule has 4 aromatic heterocycles. The molecule has 0 aromatic carbocycles. The lowest BCUT2D eigenvalue weighted by Gasteiger charge is -2.22. The van der Waals surface area contributed by atoms with E-state index in [1.54, 1.807) is 29.1 Å². The van der Waals surface area contributed by atoms with Crippen molar-refractivity contribution >= 4 is 22.6 Å². The molecule has 4 heterocycles. The monoisotopic (exact) mass is 487 g/mol. The summed E-state index contributed by atoms with van der Waals surface area (Å²) in [5.41, 5.74) is 1.98. The van der Waals surface area contributed by atoms with E-state index in [-0.39, 0.29) is 12.1 Å². The first-order chi connectivity index (χ1) is 17.2. The summed E-state index contributed by atoms with van der Waals surface area (Å²) in [6.45, 7) is 4.63. The molecule has 0 radical (unpaired) electrons. The van der Waals surface area contributed by atoms with E-state index < -0.39 is 17.7 Å². The zero-order valence-electron chi connectivity index (χ0n) is 20.2. The molecule has 0 spiro atoms. The van der Waals surface area contributed by atoms with E-state index in [1.807, 2.05) is 25.1 Å². The Labute approximate surface area is 207 Å². The molecule has 1 atom stereocenters. The fourth-order valence-corrected chi connectivity index (χ4v) is 3.50. The van der Waals surface area contributed by atoms with Crippen LogP contribution in [0.3, 0.4) is 0 Å². The van der Waals surface area contributed by atoms with Crippen LogP contribution in [0.5, 0.6) is 0 Å². The number of aryl methyl sites for hydroxylation is 1. The van der Waals surface area contributed by atoms with Crippen molar-refractivity contribution in [1.29, 1.82) is 5.26 Å². The molecule has 0 aliphatic heterocycles. The van der Waals surface area contributed by atoms with E-state index in [0.29, 0.717) is 29.3 Å². The van der Waals surface area contributed by atoms with Gasteiger partial charge in [-0.15, -0.1) is 0 Å². The topological polar surface area (TPSA) is 129 Å². The zero-order valence-corrected chi connectivity index (χ0v) is 20.2. The van der Waals surface area contributed by atoms with E-state index in [4.69, 9.17) is 5.26 Å². The summed E-state index contributed by atoms with van der Waals surface area (Å²) >= 11 is 0. The van der Waals surface area contributed by atoms with Crippen LogP contribution in [0.2, 0.25) is 0 Å². The molecular weight excluding hydrogens is 461 g/mol. The van der Waals surface area contributed by atoms with Crippen LogP contribution in [-0.4, -0.2) is 48.9 Å². The van der Waals surface area contributed by atoms with Crippen molar-refractivity contribution in [3.8, 4) is 11.9 Å². The molecule has 3 N–H and O–H groups in total. The first-order valence-electron chi connectivity index (χ1n) is 11.3. The van der Waals surface area contributed by atoms with E-state index in [9.17, 15) is 14.3 Å². The Balaban J connectivity index is 1.66. The molecule has 36 heavy (non-hydrogen) atoms. The Morgan fingerprint density at radius 2 is 2.00 bits per heavy atom. The highest BCUT2D eigenvalue weighted by Gasteiger charge is 2.27. The Morgan fingerprint density at radius 3 is 2.69 bits per heavy atom. The molecule has 0 aliphatic rings. The van der Waals surface area contributed by atoms with Gasteiger partial charge in [0.15, 0.2) is 0 Å². The lowest BCUT2D eigenvalue weighted by Crippen LogP contribution is -2.42. The Hall–Kier alpha value is -4.36. The van der Waals surface area contributed by atoms with Crippen LogP contribution in [0, 0.1) is 18.3 Å². The van der Waals surface area contributed by atoms with Crippen LogP contribution in [0.4, 0.5) is 10.1 Å². The molecule has 10 heteroatoms. The fraction of sp³-hybridized carbons (Fsp3) is 0.269. The van der Waals surface area contributed by atoms with Crippen molar-refractivity contribution in [3.05, 3.63) is 77.5 Å². The van der Waals surface area contributed by atoms with Crippen LogP contribution in [0.15, 0.2) is 55.1 Å². The van der Waals surface area contributed by atoms with Crippen LogP contribution < -0.4 is 10.6 Å². The van der Waals surface area contributed by atoms with E-state index >= 15 is 0 Å². The highest BCUT2D eigenvalue weighted by atomic mass is 19.1. The van der Waals surface area contributed by atoms with Crippen LogP contribution in [0.1, 0.15) is 41.0 Å². The van der Waals surface area contributed by atoms with Crippen LogP contribution in [-0.2, 0) is 6.54 Å². The second-order valence-electron chi connectivity index (χ2n) is 9.02. The van der Waals surface area contributed by atoms with Crippen molar-refractivity contribution in [2.45, 2.75) is 39.1 Å². The van der Waals surface area contributed by atoms with E-state index in [1.165, 1.54) is 26.2 Å². The highest BCUT2D eigenvalue weighted by molar-refractivity contribution is 5.99. The average Bonchev–Trinajstić information content (AvgIpc) is 3.29. The van der Waals surface area contributed by atoms with Gasteiger partial charge in [0.25, 0.3) is 5.91 Å². The smallest absolute Gasteiger partial charge is 0.255 e. The van der Waals surface area contributed by atoms with Crippen LogP contribution >= 0.6 is 0 Å². The summed E-state index contributed by atoms with van der Waals surface area (Å²) in [7, 11) is 0. The number of halogens is 1. The lowest BCUT2D eigenvalue weighted by atomic mass is 10.0. The normalized spacial score (nSPS) is 12.2. The highest BCUT2D eigenvalue weighted by Crippen LogP contribution is 2.23. The summed E-state index contributed by atoms with van der Waals surface area (Å²) < 4.78 is 16.0. The molecule has 184 valence electrons.